The molecule has 3 aromatic carbocycles. The molecule has 3 fully saturated rings. The fraction of sp³-hybridized carbons (Fsp3) is 0.457. The third-order valence-electron chi connectivity index (χ3n) is 11.3. The van der Waals surface area contributed by atoms with Crippen LogP contribution in [0.2, 0.25) is 5.02 Å². The van der Waals surface area contributed by atoms with Crippen molar-refractivity contribution in [3.05, 3.63) is 112 Å². The molecular weight excluding hydrogens is 712 g/mol. The van der Waals surface area contributed by atoms with Crippen LogP contribution in [0.5, 0.6) is 0 Å². The third-order valence-corrected chi connectivity index (χ3v) is 13.1. The van der Waals surface area contributed by atoms with Crippen molar-refractivity contribution in [3.8, 4) is 0 Å². The van der Waals surface area contributed by atoms with Crippen LogP contribution in [0.15, 0.2) is 78.9 Å². The van der Waals surface area contributed by atoms with E-state index in [4.69, 9.17) is 21.3 Å². The second-order valence-corrected chi connectivity index (χ2v) is 17.0. The molecule has 0 spiro atoms. The van der Waals surface area contributed by atoms with E-state index in [9.17, 15) is 14.7 Å². The van der Waals surface area contributed by atoms with Gasteiger partial charge in [0.25, 0.3) is 0 Å². The van der Waals surface area contributed by atoms with Crippen LogP contribution in [0, 0.1) is 5.41 Å². The van der Waals surface area contributed by atoms with Gasteiger partial charge in [-0.25, -0.2) is 9.78 Å². The lowest BCUT2D eigenvalue weighted by Gasteiger charge is -2.30. The quantitative estimate of drug-likeness (QED) is 0.0975. The second kappa shape index (κ2) is 19.8. The minimum Gasteiger partial charge on any atom is -0.481 e. The first-order valence-electron chi connectivity index (χ1n) is 19.9. The zero-order chi connectivity index (χ0) is 37.8. The summed E-state index contributed by atoms with van der Waals surface area (Å²) in [5, 5.41) is 15.3. The number of rotatable bonds is 14. The number of halogens is 1. The molecule has 6 nitrogen and oxygen atoms in total. The molecule has 0 radical (unpaired) electrons. The van der Waals surface area contributed by atoms with Crippen molar-refractivity contribution < 1.29 is 19.4 Å². The Morgan fingerprint density at radius 1 is 0.907 bits per heavy atom. The predicted octanol–water partition coefficient (Wildman–Crippen LogP) is 11.7. The fourth-order valence-corrected chi connectivity index (χ4v) is 9.93. The van der Waals surface area contributed by atoms with Crippen LogP contribution in [-0.4, -0.2) is 47.0 Å². The van der Waals surface area contributed by atoms with Gasteiger partial charge in [0, 0.05) is 27.7 Å². The molecule has 1 atom stereocenters. The molecule has 7 rings (SSSR count). The number of thioether (sulfide) groups is 1. The Morgan fingerprint density at radius 3 is 2.30 bits per heavy atom. The topological polar surface area (TPSA) is 88.5 Å². The summed E-state index contributed by atoms with van der Waals surface area (Å²) in [7, 11) is 1.40. The smallest absolute Gasteiger partial charge is 0.338 e. The van der Waals surface area contributed by atoms with Crippen LogP contribution in [0.1, 0.15) is 128 Å². The van der Waals surface area contributed by atoms with E-state index in [-0.39, 0.29) is 23.1 Å². The number of methoxy groups -OCH3 is 1. The summed E-state index contributed by atoms with van der Waals surface area (Å²) in [6.45, 7) is 0. The molecule has 1 aromatic heterocycles. The molecule has 2 N–H and O–H groups in total. The zero-order valence-electron chi connectivity index (χ0n) is 31.6. The average molecular weight is 767 g/mol. The van der Waals surface area contributed by atoms with Crippen molar-refractivity contribution in [3.63, 3.8) is 0 Å². The Hall–Kier alpha value is -3.65. The SMILES string of the molecule is C1CCC(NC2CCCCC2)CC1.COC(=O)c1ccccc1CCCS[C@@H](c1cccc(C=Cc2ccc3ccc(Cl)cc3n2)c1)C1(CC(=O)O)CC1. The molecule has 1 heterocycles. The Balaban J connectivity index is 0.000000321. The van der Waals surface area contributed by atoms with Crippen LogP contribution in [-0.2, 0) is 16.0 Å². The Morgan fingerprint density at radius 2 is 1.61 bits per heavy atom. The predicted molar refractivity (Wildman–Crippen MR) is 224 cm³/mol. The molecule has 54 heavy (non-hydrogen) atoms. The zero-order valence-corrected chi connectivity index (χ0v) is 33.2. The first-order valence-corrected chi connectivity index (χ1v) is 21.3. The molecule has 3 aliphatic carbocycles. The minimum atomic E-state index is -0.751. The van der Waals surface area contributed by atoms with Gasteiger partial charge in [-0.2, -0.15) is 11.8 Å². The molecule has 0 saturated heterocycles. The van der Waals surface area contributed by atoms with Crippen molar-refractivity contribution >= 4 is 58.4 Å². The van der Waals surface area contributed by atoms with E-state index in [0.29, 0.717) is 10.6 Å². The van der Waals surface area contributed by atoms with E-state index in [1.807, 2.05) is 78.5 Å². The highest BCUT2D eigenvalue weighted by atomic mass is 35.5. The van der Waals surface area contributed by atoms with Gasteiger partial charge < -0.3 is 15.2 Å². The second-order valence-electron chi connectivity index (χ2n) is 15.3. The monoisotopic (exact) mass is 766 g/mol. The highest BCUT2D eigenvalue weighted by molar-refractivity contribution is 7.99. The first kappa shape index (κ1) is 40.0. The van der Waals surface area contributed by atoms with E-state index in [1.54, 1.807) is 6.07 Å². The van der Waals surface area contributed by atoms with E-state index >= 15 is 0 Å². The van der Waals surface area contributed by atoms with Crippen molar-refractivity contribution in [2.75, 3.05) is 12.9 Å². The first-order chi connectivity index (χ1) is 26.3. The van der Waals surface area contributed by atoms with E-state index in [0.717, 1.165) is 76.8 Å². The summed E-state index contributed by atoms with van der Waals surface area (Å²) in [4.78, 5) is 28.7. The van der Waals surface area contributed by atoms with Gasteiger partial charge >= 0.3 is 11.9 Å². The summed E-state index contributed by atoms with van der Waals surface area (Å²) >= 11 is 7.97. The van der Waals surface area contributed by atoms with Gasteiger partial charge in [-0.3, -0.25) is 4.79 Å². The highest BCUT2D eigenvalue weighted by Crippen LogP contribution is 2.62. The Labute approximate surface area is 330 Å². The normalized spacial score (nSPS) is 17.8. The number of pyridine rings is 1. The summed E-state index contributed by atoms with van der Waals surface area (Å²) in [5.41, 5.74) is 5.21. The van der Waals surface area contributed by atoms with Crippen LogP contribution >= 0.6 is 23.4 Å². The maximum Gasteiger partial charge on any atom is 0.338 e. The molecule has 286 valence electrons. The molecule has 0 amide bonds. The molecule has 3 saturated carbocycles. The van der Waals surface area contributed by atoms with Crippen molar-refractivity contribution in [1.82, 2.24) is 10.3 Å². The summed E-state index contributed by atoms with van der Waals surface area (Å²) in [6.07, 6.45) is 22.2. The highest BCUT2D eigenvalue weighted by Gasteiger charge is 2.51. The number of aromatic nitrogens is 1. The van der Waals surface area contributed by atoms with Gasteiger partial charge in [-0.15, -0.1) is 0 Å². The molecule has 3 aliphatic rings. The number of carbonyl (C=O) groups is 2. The largest absolute Gasteiger partial charge is 0.481 e. The lowest BCUT2D eigenvalue weighted by Crippen LogP contribution is -2.40. The van der Waals surface area contributed by atoms with Gasteiger partial charge in [0.15, 0.2) is 0 Å². The number of benzene rings is 3. The number of esters is 1. The number of nitrogens with zero attached hydrogens (tertiary/aromatic N) is 1. The van der Waals surface area contributed by atoms with Crippen LogP contribution in [0.3, 0.4) is 0 Å². The standard InChI is InChI=1S/C34H32ClNO4S.C12H23N/c1-40-33(39)29-10-3-2-7-24(29)9-5-19-41-32(34(17-18-34)22-31(37)38)26-8-4-6-23(20-26)11-15-28-16-13-25-12-14-27(35)21-30(25)36-28;1-3-7-11(8-4-1)13-12-9-5-2-6-10-12/h2-4,6-8,10-16,20-21,32H,5,9,17-19,22H2,1H3,(H,37,38);11-13H,1-10H2/t32-;/m0./s1. The fourth-order valence-electron chi connectivity index (χ4n) is 8.21. The minimum absolute atomic E-state index is 0.0729. The van der Waals surface area contributed by atoms with Crippen LogP contribution in [0.25, 0.3) is 23.1 Å². The number of fused-ring (bicyclic) bond motifs is 1. The van der Waals surface area contributed by atoms with Crippen molar-refractivity contribution in [2.45, 2.75) is 114 Å². The number of hydrogen-bond donors (Lipinski definition) is 2. The van der Waals surface area contributed by atoms with Crippen molar-refractivity contribution in [1.29, 1.82) is 0 Å². The average Bonchev–Trinajstić information content (AvgIpc) is 3.97. The molecule has 0 unspecified atom stereocenters. The number of aryl methyl sites for hydroxylation is 1. The number of ether oxygens (including phenoxy) is 1. The van der Waals surface area contributed by atoms with E-state index < -0.39 is 5.97 Å². The Bertz CT molecular complexity index is 1860. The third kappa shape index (κ3) is 11.4. The number of carboxylic acids is 1. The maximum absolute atomic E-state index is 12.2. The molecule has 4 aromatic rings. The molecule has 8 heteroatoms. The number of hydrogen-bond acceptors (Lipinski definition) is 6. The number of carbonyl (C=O) groups excluding carboxylic acids is 1. The molecular formula is C46H55ClN2O4S. The van der Waals surface area contributed by atoms with Crippen molar-refractivity contribution in [2.24, 2.45) is 5.41 Å². The van der Waals surface area contributed by atoms with Gasteiger partial charge in [0.2, 0.25) is 0 Å². The summed E-state index contributed by atoms with van der Waals surface area (Å²) in [5.74, 6) is -0.221. The number of carboxylic acid groups (broad SMARTS) is 1. The van der Waals surface area contributed by atoms with Crippen LogP contribution < -0.4 is 5.32 Å². The lowest BCUT2D eigenvalue weighted by atomic mass is 9.91. The van der Waals surface area contributed by atoms with Gasteiger partial charge in [0.05, 0.1) is 30.3 Å². The van der Waals surface area contributed by atoms with Gasteiger partial charge in [0.1, 0.15) is 0 Å². The molecule has 0 bridgehead atoms. The van der Waals surface area contributed by atoms with E-state index in [2.05, 4.69) is 23.5 Å². The van der Waals surface area contributed by atoms with Crippen LogP contribution in [0.4, 0.5) is 0 Å². The maximum atomic E-state index is 12.2. The van der Waals surface area contributed by atoms with Gasteiger partial charge in [-0.1, -0.05) is 111 Å². The Kier molecular flexibility index (Phi) is 14.7. The summed E-state index contributed by atoms with van der Waals surface area (Å²) < 4.78 is 4.94. The van der Waals surface area contributed by atoms with E-state index in [1.165, 1.54) is 71.3 Å². The lowest BCUT2D eigenvalue weighted by molar-refractivity contribution is -0.138. The van der Waals surface area contributed by atoms with Gasteiger partial charge in [-0.05, 0) is 110 Å². The number of nitrogens with one attached hydrogen (secondary N) is 1. The summed E-state index contributed by atoms with van der Waals surface area (Å²) in [6, 6.07) is 27.4. The molecule has 0 aliphatic heterocycles. The number of aliphatic carboxylic acids is 1.